The van der Waals surface area contributed by atoms with Crippen molar-refractivity contribution in [3.05, 3.63) is 10.4 Å². The fourth-order valence-corrected chi connectivity index (χ4v) is 2.41. The summed E-state index contributed by atoms with van der Waals surface area (Å²) in [6.45, 7) is 3.32. The fourth-order valence-electron chi connectivity index (χ4n) is 2.41. The lowest BCUT2D eigenvalue weighted by molar-refractivity contribution is -0.269. The van der Waals surface area contributed by atoms with Crippen LogP contribution in [0.25, 0.3) is 10.4 Å². The molecule has 26 heavy (non-hydrogen) atoms. The molecule has 5 atom stereocenters. The minimum atomic E-state index is -1.49. The third-order valence-electron chi connectivity index (χ3n) is 3.28. The van der Waals surface area contributed by atoms with E-state index in [4.69, 9.17) is 24.5 Å². The number of hydrogen-bond donors (Lipinski definition) is 0. The van der Waals surface area contributed by atoms with Crippen LogP contribution in [0, 0.1) is 0 Å². The first-order valence-corrected chi connectivity index (χ1v) is 7.48. The number of nitrogens with zero attached hydrogens (tertiary/aromatic N) is 3. The van der Waals surface area contributed by atoms with Crippen LogP contribution in [0.1, 0.15) is 27.2 Å². The molecule has 0 spiro atoms. The number of ether oxygens (including phenoxy) is 5. The summed E-state index contributed by atoms with van der Waals surface area (Å²) in [5.74, 6) is -3.10. The number of esters is 4. The molecule has 0 radical (unpaired) electrons. The van der Waals surface area contributed by atoms with Crippen LogP contribution < -0.4 is 0 Å². The molecule has 0 amide bonds. The summed E-state index contributed by atoms with van der Waals surface area (Å²) >= 11 is 0. The van der Waals surface area contributed by atoms with Crippen LogP contribution >= 0.6 is 0 Å². The maximum absolute atomic E-state index is 11.9. The first kappa shape index (κ1) is 21.2. The molecule has 0 aromatic carbocycles. The summed E-state index contributed by atoms with van der Waals surface area (Å²) in [5, 5.41) is 3.32. The van der Waals surface area contributed by atoms with Gasteiger partial charge in [-0.2, -0.15) is 0 Å². The van der Waals surface area contributed by atoms with E-state index in [2.05, 4.69) is 14.8 Å². The molecule has 1 rings (SSSR count). The molecule has 12 heteroatoms. The Kier molecular flexibility index (Phi) is 7.81. The summed E-state index contributed by atoms with van der Waals surface area (Å²) in [5.41, 5.74) is 8.66. The first-order chi connectivity index (χ1) is 12.2. The molecule has 1 fully saturated rings. The molecule has 0 aliphatic carbocycles. The van der Waals surface area contributed by atoms with Gasteiger partial charge >= 0.3 is 23.9 Å². The summed E-state index contributed by atoms with van der Waals surface area (Å²) < 4.78 is 25.2. The second-order valence-corrected chi connectivity index (χ2v) is 5.28. The Morgan fingerprint density at radius 3 is 2.12 bits per heavy atom. The smallest absolute Gasteiger partial charge is 0.317 e. The van der Waals surface area contributed by atoms with E-state index in [1.807, 2.05) is 0 Å². The van der Waals surface area contributed by atoms with E-state index >= 15 is 0 Å². The van der Waals surface area contributed by atoms with Gasteiger partial charge in [-0.05, 0) is 5.53 Å². The monoisotopic (exact) mass is 373 g/mol. The van der Waals surface area contributed by atoms with E-state index in [1.165, 1.54) is 0 Å². The average Bonchev–Trinajstić information content (AvgIpc) is 2.53. The molecule has 0 aromatic heterocycles. The third-order valence-corrected chi connectivity index (χ3v) is 3.28. The van der Waals surface area contributed by atoms with Crippen molar-refractivity contribution in [2.45, 2.75) is 57.8 Å². The van der Waals surface area contributed by atoms with Gasteiger partial charge in [-0.3, -0.25) is 19.2 Å². The van der Waals surface area contributed by atoms with Gasteiger partial charge in [0.05, 0.1) is 13.2 Å². The molecule has 0 unspecified atom stereocenters. The van der Waals surface area contributed by atoms with Crippen molar-refractivity contribution in [2.24, 2.45) is 5.11 Å². The highest BCUT2D eigenvalue weighted by Crippen LogP contribution is 2.29. The Balaban J connectivity index is 3.22. The van der Waals surface area contributed by atoms with Crippen LogP contribution in [0.4, 0.5) is 0 Å². The van der Waals surface area contributed by atoms with E-state index in [-0.39, 0.29) is 6.42 Å². The van der Waals surface area contributed by atoms with E-state index in [9.17, 15) is 19.2 Å². The van der Waals surface area contributed by atoms with Crippen molar-refractivity contribution in [1.29, 1.82) is 0 Å². The van der Waals surface area contributed by atoms with Gasteiger partial charge in [0.1, 0.15) is 6.10 Å². The van der Waals surface area contributed by atoms with Crippen LogP contribution in [0.3, 0.4) is 0 Å². The molecule has 0 N–H and O–H groups in total. The molecule has 0 bridgehead atoms. The molecule has 144 valence electrons. The van der Waals surface area contributed by atoms with Gasteiger partial charge in [0, 0.05) is 32.1 Å². The SMILES string of the molecule is COC(=O)[C@@H](N=[N+]=[N-])[C@@H]1C[C@H](OC(C)=O)[C@@H](OC(C)=O)[C@@H](OC(C)=O)O1. The number of methoxy groups -OCH3 is 1. The van der Waals surface area contributed by atoms with Gasteiger partial charge in [0.15, 0.2) is 6.04 Å². The highest BCUT2D eigenvalue weighted by atomic mass is 16.7. The van der Waals surface area contributed by atoms with E-state index < -0.39 is 54.5 Å². The maximum atomic E-state index is 11.9. The molecule has 1 aliphatic heterocycles. The van der Waals surface area contributed by atoms with Crippen molar-refractivity contribution in [3.63, 3.8) is 0 Å². The van der Waals surface area contributed by atoms with Gasteiger partial charge in [0.25, 0.3) is 0 Å². The van der Waals surface area contributed by atoms with E-state index in [0.717, 1.165) is 27.9 Å². The van der Waals surface area contributed by atoms with Gasteiger partial charge < -0.3 is 23.7 Å². The Bertz CT molecular complexity index is 591. The lowest BCUT2D eigenvalue weighted by Gasteiger charge is -2.40. The Morgan fingerprint density at radius 1 is 1.08 bits per heavy atom. The molecule has 1 saturated heterocycles. The number of rotatable bonds is 6. The summed E-state index contributed by atoms with van der Waals surface area (Å²) in [7, 11) is 1.08. The topological polar surface area (TPSA) is 163 Å². The number of azide groups is 1. The quantitative estimate of drug-likeness (QED) is 0.210. The minimum Gasteiger partial charge on any atom is -0.469 e. The Labute approximate surface area is 148 Å². The van der Waals surface area contributed by atoms with E-state index in [0.29, 0.717) is 0 Å². The van der Waals surface area contributed by atoms with Crippen molar-refractivity contribution in [3.8, 4) is 0 Å². The summed E-state index contributed by atoms with van der Waals surface area (Å²) in [6.07, 6.45) is -5.19. The van der Waals surface area contributed by atoms with Gasteiger partial charge in [-0.15, -0.1) is 0 Å². The largest absolute Gasteiger partial charge is 0.469 e. The highest BCUT2D eigenvalue weighted by Gasteiger charge is 2.48. The third kappa shape index (κ3) is 5.90. The van der Waals surface area contributed by atoms with Gasteiger partial charge in [0.2, 0.25) is 12.4 Å². The fraction of sp³-hybridized carbons (Fsp3) is 0.714. The second kappa shape index (κ2) is 9.59. The maximum Gasteiger partial charge on any atom is 0.317 e. The molecule has 1 aliphatic rings. The van der Waals surface area contributed by atoms with Crippen LogP contribution in [0.2, 0.25) is 0 Å². The molecule has 0 aromatic rings. The zero-order chi connectivity index (χ0) is 19.9. The van der Waals surface area contributed by atoms with Gasteiger partial charge in [-0.1, -0.05) is 5.11 Å². The second-order valence-electron chi connectivity index (χ2n) is 5.28. The minimum absolute atomic E-state index is 0.173. The summed E-state index contributed by atoms with van der Waals surface area (Å²) in [6, 6.07) is -1.43. The summed E-state index contributed by atoms with van der Waals surface area (Å²) in [4.78, 5) is 48.5. The number of carbonyl (C=O) groups is 4. The van der Waals surface area contributed by atoms with Crippen LogP contribution in [-0.2, 0) is 42.9 Å². The molecule has 12 nitrogen and oxygen atoms in total. The predicted octanol–water partition coefficient (Wildman–Crippen LogP) is 0.380. The van der Waals surface area contributed by atoms with Crippen molar-refractivity contribution in [1.82, 2.24) is 0 Å². The number of carbonyl (C=O) groups excluding carboxylic acids is 4. The van der Waals surface area contributed by atoms with Crippen LogP contribution in [-0.4, -0.2) is 61.6 Å². The van der Waals surface area contributed by atoms with Crippen molar-refractivity contribution < 1.29 is 42.9 Å². The van der Waals surface area contributed by atoms with Gasteiger partial charge in [-0.25, -0.2) is 0 Å². The van der Waals surface area contributed by atoms with Crippen LogP contribution in [0.15, 0.2) is 5.11 Å². The first-order valence-electron chi connectivity index (χ1n) is 7.48. The lowest BCUT2D eigenvalue weighted by atomic mass is 9.97. The van der Waals surface area contributed by atoms with E-state index in [1.54, 1.807) is 0 Å². The highest BCUT2D eigenvalue weighted by molar-refractivity contribution is 5.76. The van der Waals surface area contributed by atoms with Crippen molar-refractivity contribution in [2.75, 3.05) is 7.11 Å². The van der Waals surface area contributed by atoms with Crippen LogP contribution in [0.5, 0.6) is 0 Å². The zero-order valence-electron chi connectivity index (χ0n) is 14.6. The predicted molar refractivity (Wildman–Crippen MR) is 81.1 cm³/mol. The average molecular weight is 373 g/mol. The normalized spacial score (nSPS) is 25.8. The Morgan fingerprint density at radius 2 is 1.65 bits per heavy atom. The Hall–Kier alpha value is -2.85. The standard InChI is InChI=1S/C14H19N3O9/c1-6(18)23-10-5-9(11(16-17-15)13(21)22-4)26-14(25-8(3)20)12(10)24-7(2)19/h9-12,14H,5H2,1-4H3/t9-,10-,11-,12+,14-/m0/s1. The molecular formula is C14H19N3O9. The molecular weight excluding hydrogens is 354 g/mol. The molecule has 1 heterocycles. The molecule has 0 saturated carbocycles. The number of hydrogen-bond acceptors (Lipinski definition) is 10. The zero-order valence-corrected chi connectivity index (χ0v) is 14.6. The lowest BCUT2D eigenvalue weighted by Crippen LogP contribution is -2.56. The van der Waals surface area contributed by atoms with Crippen molar-refractivity contribution >= 4 is 23.9 Å².